The lowest BCUT2D eigenvalue weighted by Crippen LogP contribution is -2.42. The van der Waals surface area contributed by atoms with Crippen LogP contribution in [0.25, 0.3) is 27.4 Å². The molecule has 5 N–H and O–H groups in total. The van der Waals surface area contributed by atoms with E-state index in [0.29, 0.717) is 22.3 Å². The number of aromatic amines is 1. The average Bonchev–Trinajstić information content (AvgIpc) is 2.66. The van der Waals surface area contributed by atoms with Gasteiger partial charge in [-0.15, -0.1) is 0 Å². The van der Waals surface area contributed by atoms with Gasteiger partial charge >= 0.3 is 5.69 Å². The SMILES string of the molecule is [C-]#[N+]c1cc2c(cc1C)nc1c(=O)[nH]c(=O)nc-1n2C[C@H](O)[C@H](O)[C@H](O)CO. The van der Waals surface area contributed by atoms with Crippen LogP contribution < -0.4 is 11.2 Å². The number of H-pyrrole nitrogens is 1. The molecule has 11 heteroatoms. The molecule has 0 radical (unpaired) electrons. The summed E-state index contributed by atoms with van der Waals surface area (Å²) in [6.45, 7) is 7.82. The molecule has 1 aromatic rings. The van der Waals surface area contributed by atoms with E-state index < -0.39 is 36.2 Å². The summed E-state index contributed by atoms with van der Waals surface area (Å²) in [5, 5.41) is 38.8. The number of aromatic nitrogens is 4. The summed E-state index contributed by atoms with van der Waals surface area (Å²) in [5.74, 6) is -0.147. The highest BCUT2D eigenvalue weighted by Gasteiger charge is 2.27. The van der Waals surface area contributed by atoms with Gasteiger partial charge in [0.05, 0.1) is 30.8 Å². The first kappa shape index (κ1) is 19.6. The normalized spacial score (nSPS) is 14.7. The number of hydrogen-bond acceptors (Lipinski definition) is 8. The third-order valence-corrected chi connectivity index (χ3v) is 4.39. The van der Waals surface area contributed by atoms with Crippen LogP contribution >= 0.6 is 0 Å². The number of fused-ring (bicyclic) bond motifs is 2. The Bertz CT molecular complexity index is 1160. The molecule has 0 aliphatic carbocycles. The van der Waals surface area contributed by atoms with Crippen molar-refractivity contribution in [2.45, 2.75) is 31.8 Å². The molecular formula is C17H17N5O6. The van der Waals surface area contributed by atoms with Crippen molar-refractivity contribution in [3.8, 4) is 11.5 Å². The number of nitrogens with zero attached hydrogens (tertiary/aromatic N) is 4. The second-order valence-electron chi connectivity index (χ2n) is 6.31. The average molecular weight is 387 g/mol. The van der Waals surface area contributed by atoms with Crippen LogP contribution in [-0.4, -0.2) is 64.9 Å². The third-order valence-electron chi connectivity index (χ3n) is 4.39. The van der Waals surface area contributed by atoms with Crippen LogP contribution in [0.1, 0.15) is 5.56 Å². The van der Waals surface area contributed by atoms with Crippen LogP contribution in [0.2, 0.25) is 0 Å². The van der Waals surface area contributed by atoms with E-state index in [-0.39, 0.29) is 18.1 Å². The molecular weight excluding hydrogens is 370 g/mol. The zero-order valence-electron chi connectivity index (χ0n) is 14.7. The van der Waals surface area contributed by atoms with Gasteiger partial charge in [0.15, 0.2) is 17.2 Å². The largest absolute Gasteiger partial charge is 0.394 e. The molecule has 1 aromatic carbocycles. The molecule has 3 rings (SSSR count). The Morgan fingerprint density at radius 1 is 1.21 bits per heavy atom. The van der Waals surface area contributed by atoms with E-state index in [2.05, 4.69) is 14.8 Å². The Labute approximate surface area is 157 Å². The summed E-state index contributed by atoms with van der Waals surface area (Å²) in [6.07, 6.45) is -4.87. The molecule has 0 bridgehead atoms. The summed E-state index contributed by atoms with van der Waals surface area (Å²) in [5.41, 5.74) is -0.342. The molecule has 2 aliphatic heterocycles. The highest BCUT2D eigenvalue weighted by molar-refractivity contribution is 5.84. The molecule has 3 atom stereocenters. The maximum Gasteiger partial charge on any atom is 0.349 e. The van der Waals surface area contributed by atoms with Gasteiger partial charge < -0.3 is 25.0 Å². The standard InChI is InChI=1S/C17H17N5O6/c1-7-3-9-10(4-8(7)18-2)22(5-11(24)14(26)12(25)6-23)15-13(19-9)16(27)21-17(28)20-15/h3-4,11-12,14,23-26H,5-6H2,1H3,(H,21,27,28)/t11-,12+,14-/m0/s1. The van der Waals surface area contributed by atoms with Crippen LogP contribution in [0.15, 0.2) is 21.7 Å². The smallest absolute Gasteiger partial charge is 0.349 e. The van der Waals surface area contributed by atoms with Crippen LogP contribution in [0.5, 0.6) is 0 Å². The first-order valence-corrected chi connectivity index (χ1v) is 8.24. The molecule has 0 amide bonds. The fourth-order valence-electron chi connectivity index (χ4n) is 2.90. The number of aliphatic hydroxyl groups excluding tert-OH is 4. The molecule has 11 nitrogen and oxygen atoms in total. The van der Waals surface area contributed by atoms with Gasteiger partial charge in [-0.05, 0) is 24.6 Å². The van der Waals surface area contributed by atoms with Crippen molar-refractivity contribution < 1.29 is 20.4 Å². The summed E-state index contributed by atoms with van der Waals surface area (Å²) in [6, 6.07) is 3.05. The second-order valence-corrected chi connectivity index (χ2v) is 6.31. The summed E-state index contributed by atoms with van der Waals surface area (Å²) in [7, 11) is 0. The first-order chi connectivity index (χ1) is 13.3. The van der Waals surface area contributed by atoms with Crippen molar-refractivity contribution in [1.82, 2.24) is 19.5 Å². The maximum atomic E-state index is 12.2. The lowest BCUT2D eigenvalue weighted by atomic mass is 10.1. The molecule has 0 saturated heterocycles. The number of nitrogens with one attached hydrogen (secondary N) is 1. The van der Waals surface area contributed by atoms with E-state index in [1.807, 2.05) is 4.98 Å². The highest BCUT2D eigenvalue weighted by atomic mass is 16.4. The van der Waals surface area contributed by atoms with Crippen molar-refractivity contribution in [3.05, 3.63) is 50.0 Å². The minimum absolute atomic E-state index is 0.147. The van der Waals surface area contributed by atoms with E-state index in [9.17, 15) is 24.9 Å². The predicted molar refractivity (Wildman–Crippen MR) is 97.1 cm³/mol. The van der Waals surface area contributed by atoms with E-state index in [0.717, 1.165) is 0 Å². The Hall–Kier alpha value is -3.17. The molecule has 0 saturated carbocycles. The van der Waals surface area contributed by atoms with Crippen LogP contribution in [0, 0.1) is 13.5 Å². The van der Waals surface area contributed by atoms with Gasteiger partial charge in [-0.25, -0.2) is 14.6 Å². The van der Waals surface area contributed by atoms with Crippen LogP contribution in [-0.2, 0) is 6.54 Å². The minimum Gasteiger partial charge on any atom is -0.394 e. The van der Waals surface area contributed by atoms with Crippen molar-refractivity contribution >= 4 is 16.7 Å². The summed E-state index contributed by atoms with van der Waals surface area (Å²) in [4.78, 5) is 37.3. The van der Waals surface area contributed by atoms with Gasteiger partial charge in [0, 0.05) is 0 Å². The van der Waals surface area contributed by atoms with Crippen LogP contribution in [0.4, 0.5) is 5.69 Å². The Morgan fingerprint density at radius 3 is 2.57 bits per heavy atom. The van der Waals surface area contributed by atoms with Gasteiger partial charge in [-0.3, -0.25) is 9.78 Å². The minimum atomic E-state index is -1.70. The molecule has 28 heavy (non-hydrogen) atoms. The van der Waals surface area contributed by atoms with Gasteiger partial charge in [0.2, 0.25) is 0 Å². The van der Waals surface area contributed by atoms with E-state index in [4.69, 9.17) is 11.7 Å². The molecule has 0 fully saturated rings. The number of rotatable bonds is 5. The van der Waals surface area contributed by atoms with Gasteiger partial charge in [0.1, 0.15) is 18.3 Å². The van der Waals surface area contributed by atoms with E-state index in [1.165, 1.54) is 10.6 Å². The number of benzene rings is 1. The molecule has 146 valence electrons. The monoisotopic (exact) mass is 387 g/mol. The van der Waals surface area contributed by atoms with Crippen molar-refractivity contribution in [3.63, 3.8) is 0 Å². The first-order valence-electron chi connectivity index (χ1n) is 8.24. The lowest BCUT2D eigenvalue weighted by Gasteiger charge is -2.25. The third kappa shape index (κ3) is 3.37. The fraction of sp³-hybridized carbons (Fsp3) is 0.353. The number of aliphatic hydroxyl groups is 4. The van der Waals surface area contributed by atoms with Crippen molar-refractivity contribution in [1.29, 1.82) is 0 Å². The molecule has 0 spiro atoms. The second kappa shape index (κ2) is 7.45. The van der Waals surface area contributed by atoms with E-state index >= 15 is 0 Å². The number of aryl methyl sites for hydroxylation is 1. The van der Waals surface area contributed by atoms with Gasteiger partial charge in [-0.2, -0.15) is 4.98 Å². The summed E-state index contributed by atoms with van der Waals surface area (Å²) < 4.78 is 1.28. The Morgan fingerprint density at radius 2 is 1.93 bits per heavy atom. The Balaban J connectivity index is 2.31. The van der Waals surface area contributed by atoms with Gasteiger partial charge in [-0.1, -0.05) is 0 Å². The quantitative estimate of drug-likeness (QED) is 0.261. The molecule has 2 heterocycles. The van der Waals surface area contributed by atoms with E-state index in [1.54, 1.807) is 13.0 Å². The number of hydrogen-bond donors (Lipinski definition) is 5. The predicted octanol–water partition coefficient (Wildman–Crippen LogP) is -1.48. The van der Waals surface area contributed by atoms with Crippen molar-refractivity contribution in [2.75, 3.05) is 6.61 Å². The van der Waals surface area contributed by atoms with Gasteiger partial charge in [0.25, 0.3) is 5.56 Å². The maximum absolute atomic E-state index is 12.2. The summed E-state index contributed by atoms with van der Waals surface area (Å²) >= 11 is 0. The topological polar surface area (TPSA) is 166 Å². The Kier molecular flexibility index (Phi) is 5.21. The highest BCUT2D eigenvalue weighted by Crippen LogP contribution is 2.28. The fourth-order valence-corrected chi connectivity index (χ4v) is 2.90. The molecule has 0 unspecified atom stereocenters. The van der Waals surface area contributed by atoms with Crippen molar-refractivity contribution in [2.24, 2.45) is 0 Å². The zero-order chi connectivity index (χ0) is 20.6. The molecule has 0 aromatic heterocycles. The molecule has 2 aliphatic rings. The zero-order valence-corrected chi connectivity index (χ0v) is 14.7. The van der Waals surface area contributed by atoms with Crippen LogP contribution in [0.3, 0.4) is 0 Å². The lowest BCUT2D eigenvalue weighted by molar-refractivity contribution is -0.0802.